The van der Waals surface area contributed by atoms with Crippen molar-refractivity contribution in [3.63, 3.8) is 0 Å². The Morgan fingerprint density at radius 1 is 1.15 bits per heavy atom. The zero-order valence-corrected chi connectivity index (χ0v) is 13.8. The van der Waals surface area contributed by atoms with Crippen LogP contribution in [0, 0.1) is 5.92 Å². The lowest BCUT2D eigenvalue weighted by Gasteiger charge is -2.27. The van der Waals surface area contributed by atoms with Crippen molar-refractivity contribution in [2.24, 2.45) is 5.92 Å². The number of halogens is 2. The fourth-order valence-electron chi connectivity index (χ4n) is 3.31. The van der Waals surface area contributed by atoms with Crippen LogP contribution < -0.4 is 5.32 Å². The van der Waals surface area contributed by atoms with Crippen molar-refractivity contribution in [3.8, 4) is 0 Å². The smallest absolute Gasteiger partial charge is 0.0627 e. The van der Waals surface area contributed by atoms with Gasteiger partial charge in [0.05, 0.1) is 10.0 Å². The maximum atomic E-state index is 6.45. The van der Waals surface area contributed by atoms with Gasteiger partial charge in [0.25, 0.3) is 0 Å². The summed E-state index contributed by atoms with van der Waals surface area (Å²) in [7, 11) is 0. The largest absolute Gasteiger partial charge is 0.316 e. The minimum absolute atomic E-state index is 0.549. The first-order chi connectivity index (χ1) is 9.74. The molecule has 0 spiro atoms. The van der Waals surface area contributed by atoms with E-state index in [1.807, 2.05) is 12.1 Å². The second kappa shape index (κ2) is 8.26. The summed E-state index contributed by atoms with van der Waals surface area (Å²) in [5.74, 6) is 1.23. The van der Waals surface area contributed by atoms with Gasteiger partial charge in [0, 0.05) is 0 Å². The quantitative estimate of drug-likeness (QED) is 0.546. The summed E-state index contributed by atoms with van der Waals surface area (Å²) in [5.41, 5.74) is 1.25. The first-order valence-corrected chi connectivity index (χ1v) is 8.64. The minimum atomic E-state index is 0.549. The second-order valence-corrected chi connectivity index (χ2v) is 6.64. The molecule has 0 amide bonds. The normalized spacial score (nSPS) is 23.6. The molecule has 2 atom stereocenters. The standard InChI is InChI=1S/C17H25Cl2N/c1-2-11-20-12-13-7-4-3-5-8-14(13)15-9-6-10-16(18)17(15)19/h6,9-10,13-14,20H,2-5,7-8,11-12H2,1H3. The van der Waals surface area contributed by atoms with Crippen LogP contribution in [0.3, 0.4) is 0 Å². The van der Waals surface area contributed by atoms with Gasteiger partial charge in [-0.2, -0.15) is 0 Å². The molecule has 20 heavy (non-hydrogen) atoms. The van der Waals surface area contributed by atoms with Crippen LogP contribution in [0.15, 0.2) is 18.2 Å². The van der Waals surface area contributed by atoms with Gasteiger partial charge in [-0.05, 0) is 55.8 Å². The average Bonchev–Trinajstić information content (AvgIpc) is 2.68. The third-order valence-electron chi connectivity index (χ3n) is 4.37. The Morgan fingerprint density at radius 3 is 2.75 bits per heavy atom. The third kappa shape index (κ3) is 4.13. The van der Waals surface area contributed by atoms with Crippen LogP contribution in [-0.4, -0.2) is 13.1 Å². The van der Waals surface area contributed by atoms with E-state index >= 15 is 0 Å². The van der Waals surface area contributed by atoms with Crippen molar-refractivity contribution < 1.29 is 0 Å². The van der Waals surface area contributed by atoms with E-state index in [-0.39, 0.29) is 0 Å². The van der Waals surface area contributed by atoms with E-state index in [0.29, 0.717) is 16.9 Å². The summed E-state index contributed by atoms with van der Waals surface area (Å²) in [6.07, 6.45) is 7.71. The Labute approximate surface area is 133 Å². The highest BCUT2D eigenvalue weighted by atomic mass is 35.5. The minimum Gasteiger partial charge on any atom is -0.316 e. The van der Waals surface area contributed by atoms with Crippen molar-refractivity contribution in [2.45, 2.75) is 51.4 Å². The van der Waals surface area contributed by atoms with Gasteiger partial charge < -0.3 is 5.32 Å². The molecule has 0 heterocycles. The predicted octanol–water partition coefficient (Wildman–Crippen LogP) is 5.66. The summed E-state index contributed by atoms with van der Waals surface area (Å²) in [6, 6.07) is 6.08. The molecule has 1 N–H and O–H groups in total. The molecule has 1 nitrogen and oxygen atoms in total. The van der Waals surface area contributed by atoms with Crippen LogP contribution >= 0.6 is 23.2 Å². The topological polar surface area (TPSA) is 12.0 Å². The van der Waals surface area contributed by atoms with Gasteiger partial charge in [-0.25, -0.2) is 0 Å². The van der Waals surface area contributed by atoms with E-state index in [1.165, 1.54) is 44.1 Å². The molecule has 2 rings (SSSR count). The molecule has 2 unspecified atom stereocenters. The molecule has 1 fully saturated rings. The first kappa shape index (κ1) is 16.1. The molecular formula is C17H25Cl2N. The van der Waals surface area contributed by atoms with Crippen LogP contribution in [0.2, 0.25) is 10.0 Å². The molecule has 112 valence electrons. The van der Waals surface area contributed by atoms with E-state index in [4.69, 9.17) is 23.2 Å². The SMILES string of the molecule is CCCNCC1CCCCCC1c1cccc(Cl)c1Cl. The molecular weight excluding hydrogens is 289 g/mol. The van der Waals surface area contributed by atoms with Crippen molar-refractivity contribution in [1.29, 1.82) is 0 Å². The van der Waals surface area contributed by atoms with Crippen LogP contribution in [-0.2, 0) is 0 Å². The highest BCUT2D eigenvalue weighted by Crippen LogP contribution is 2.41. The first-order valence-electron chi connectivity index (χ1n) is 7.88. The van der Waals surface area contributed by atoms with Crippen LogP contribution in [0.25, 0.3) is 0 Å². The molecule has 1 aliphatic carbocycles. The number of hydrogen-bond donors (Lipinski definition) is 1. The number of nitrogens with one attached hydrogen (secondary N) is 1. The lowest BCUT2D eigenvalue weighted by atomic mass is 9.82. The van der Waals surface area contributed by atoms with Crippen LogP contribution in [0.5, 0.6) is 0 Å². The molecule has 1 aromatic rings. The summed E-state index contributed by atoms with van der Waals surface area (Å²) >= 11 is 12.7. The average molecular weight is 314 g/mol. The van der Waals surface area contributed by atoms with Gasteiger partial charge in [0.15, 0.2) is 0 Å². The fourth-order valence-corrected chi connectivity index (χ4v) is 3.76. The van der Waals surface area contributed by atoms with Gasteiger partial charge >= 0.3 is 0 Å². The Balaban J connectivity index is 2.16. The lowest BCUT2D eigenvalue weighted by Crippen LogP contribution is -2.27. The van der Waals surface area contributed by atoms with Gasteiger partial charge in [0.1, 0.15) is 0 Å². The highest BCUT2D eigenvalue weighted by molar-refractivity contribution is 6.42. The number of benzene rings is 1. The zero-order valence-electron chi connectivity index (χ0n) is 12.3. The predicted molar refractivity (Wildman–Crippen MR) is 88.9 cm³/mol. The van der Waals surface area contributed by atoms with Crippen molar-refractivity contribution in [1.82, 2.24) is 5.32 Å². The number of rotatable bonds is 5. The lowest BCUT2D eigenvalue weighted by molar-refractivity contribution is 0.376. The third-order valence-corrected chi connectivity index (χ3v) is 5.21. The van der Waals surface area contributed by atoms with Crippen LogP contribution in [0.1, 0.15) is 56.9 Å². The van der Waals surface area contributed by atoms with Crippen molar-refractivity contribution in [2.75, 3.05) is 13.1 Å². The molecule has 0 bridgehead atoms. The summed E-state index contributed by atoms with van der Waals surface area (Å²) in [5, 5.41) is 5.04. The van der Waals surface area contributed by atoms with E-state index < -0.39 is 0 Å². The molecule has 3 heteroatoms. The second-order valence-electron chi connectivity index (χ2n) is 5.85. The molecule has 0 aromatic heterocycles. The maximum absolute atomic E-state index is 6.45. The van der Waals surface area contributed by atoms with Crippen LogP contribution in [0.4, 0.5) is 0 Å². The Hall–Kier alpha value is -0.240. The molecule has 1 saturated carbocycles. The van der Waals surface area contributed by atoms with E-state index in [0.717, 1.165) is 18.1 Å². The Kier molecular flexibility index (Phi) is 6.67. The number of hydrogen-bond acceptors (Lipinski definition) is 1. The van der Waals surface area contributed by atoms with Gasteiger partial charge in [0.2, 0.25) is 0 Å². The Bertz CT molecular complexity index is 419. The molecule has 1 aromatic carbocycles. The fraction of sp³-hybridized carbons (Fsp3) is 0.647. The maximum Gasteiger partial charge on any atom is 0.0627 e. The summed E-state index contributed by atoms with van der Waals surface area (Å²) in [4.78, 5) is 0. The molecule has 1 aliphatic rings. The summed E-state index contributed by atoms with van der Waals surface area (Å²) < 4.78 is 0. The highest BCUT2D eigenvalue weighted by Gasteiger charge is 2.26. The summed E-state index contributed by atoms with van der Waals surface area (Å²) in [6.45, 7) is 4.42. The zero-order chi connectivity index (χ0) is 14.4. The Morgan fingerprint density at radius 2 is 1.95 bits per heavy atom. The van der Waals surface area contributed by atoms with E-state index in [2.05, 4.69) is 18.3 Å². The van der Waals surface area contributed by atoms with Gasteiger partial charge in [-0.1, -0.05) is 61.5 Å². The monoisotopic (exact) mass is 313 g/mol. The molecule has 0 aliphatic heterocycles. The van der Waals surface area contributed by atoms with Crippen molar-refractivity contribution in [3.05, 3.63) is 33.8 Å². The van der Waals surface area contributed by atoms with Gasteiger partial charge in [-0.3, -0.25) is 0 Å². The van der Waals surface area contributed by atoms with Crippen molar-refractivity contribution >= 4 is 23.2 Å². The molecule has 0 saturated heterocycles. The molecule has 0 radical (unpaired) electrons. The van der Waals surface area contributed by atoms with Gasteiger partial charge in [-0.15, -0.1) is 0 Å². The van der Waals surface area contributed by atoms with E-state index in [9.17, 15) is 0 Å². The van der Waals surface area contributed by atoms with E-state index in [1.54, 1.807) is 0 Å².